The summed E-state index contributed by atoms with van der Waals surface area (Å²) in [6.45, 7) is 1.73. The Kier molecular flexibility index (Phi) is 5.51. The summed E-state index contributed by atoms with van der Waals surface area (Å²) in [4.78, 5) is 34.4. The van der Waals surface area contributed by atoms with Crippen LogP contribution in [0.3, 0.4) is 0 Å². The molecule has 0 radical (unpaired) electrons. The Morgan fingerprint density at radius 1 is 1.26 bits per heavy atom. The van der Waals surface area contributed by atoms with Crippen LogP contribution in [0.5, 0.6) is 0 Å². The second kappa shape index (κ2) is 6.89. The zero-order valence-electron chi connectivity index (χ0n) is 10.3. The molecule has 0 heterocycles. The Balaban J connectivity index is 3.22. The highest BCUT2D eigenvalue weighted by Crippen LogP contribution is 2.15. The number of Topliss-reactive ketones (excluding diaryl/α,β-unsaturated/α-hetero) is 1. The van der Waals surface area contributed by atoms with Gasteiger partial charge in [-0.2, -0.15) is 0 Å². The van der Waals surface area contributed by atoms with Crippen molar-refractivity contribution in [2.45, 2.75) is 13.3 Å². The highest BCUT2D eigenvalue weighted by molar-refractivity contribution is 6.19. The molecule has 0 saturated heterocycles. The van der Waals surface area contributed by atoms with Gasteiger partial charge in [0, 0.05) is 17.9 Å². The molecule has 0 fully saturated rings. The summed E-state index contributed by atoms with van der Waals surface area (Å²) in [7, 11) is 0. The summed E-state index contributed by atoms with van der Waals surface area (Å²) in [5, 5.41) is 9.00. The van der Waals surface area contributed by atoms with Gasteiger partial charge in [0.05, 0.1) is 17.7 Å². The third kappa shape index (κ3) is 3.79. The predicted octanol–water partition coefficient (Wildman–Crippen LogP) is 2.37. The molecular weight excluding hydrogens is 272 g/mol. The summed E-state index contributed by atoms with van der Waals surface area (Å²) < 4.78 is 4.77. The lowest BCUT2D eigenvalue weighted by Gasteiger charge is -2.07. The number of halogens is 1. The maximum atomic E-state index is 11.7. The second-order valence-electron chi connectivity index (χ2n) is 3.65. The Bertz CT molecular complexity index is 510. The highest BCUT2D eigenvalue weighted by atomic mass is 35.5. The van der Waals surface area contributed by atoms with Crippen LogP contribution in [-0.2, 0) is 4.74 Å². The molecule has 1 aromatic rings. The fraction of sp³-hybridized carbons (Fsp3) is 0.308. The van der Waals surface area contributed by atoms with Crippen LogP contribution in [0.4, 0.5) is 0 Å². The van der Waals surface area contributed by atoms with Crippen LogP contribution in [-0.4, -0.2) is 35.3 Å². The molecular formula is C13H13ClO5. The quantitative estimate of drug-likeness (QED) is 0.493. The van der Waals surface area contributed by atoms with Gasteiger partial charge in [-0.15, -0.1) is 11.6 Å². The number of rotatable bonds is 6. The molecule has 102 valence electrons. The van der Waals surface area contributed by atoms with E-state index in [-0.39, 0.29) is 41.4 Å². The molecule has 0 atom stereocenters. The number of alkyl halides is 1. The molecule has 0 bridgehead atoms. The van der Waals surface area contributed by atoms with Crippen molar-refractivity contribution in [3.05, 3.63) is 34.9 Å². The molecule has 0 aromatic heterocycles. The van der Waals surface area contributed by atoms with Gasteiger partial charge in [0.2, 0.25) is 0 Å². The third-order valence-electron chi connectivity index (χ3n) is 2.39. The highest BCUT2D eigenvalue weighted by Gasteiger charge is 2.19. The number of esters is 1. The minimum atomic E-state index is -1.25. The number of ketones is 1. The molecule has 0 saturated carbocycles. The van der Waals surface area contributed by atoms with E-state index in [1.807, 2.05) is 0 Å². The maximum Gasteiger partial charge on any atom is 0.339 e. The summed E-state index contributed by atoms with van der Waals surface area (Å²) in [5.41, 5.74) is -0.0793. The molecule has 19 heavy (non-hydrogen) atoms. The van der Waals surface area contributed by atoms with E-state index in [2.05, 4.69) is 0 Å². The lowest BCUT2D eigenvalue weighted by atomic mass is 10.0. The Morgan fingerprint density at radius 2 is 1.95 bits per heavy atom. The van der Waals surface area contributed by atoms with Gasteiger partial charge >= 0.3 is 11.9 Å². The molecule has 0 unspecified atom stereocenters. The van der Waals surface area contributed by atoms with E-state index in [0.29, 0.717) is 0 Å². The lowest BCUT2D eigenvalue weighted by Crippen LogP contribution is -2.13. The largest absolute Gasteiger partial charge is 0.478 e. The summed E-state index contributed by atoms with van der Waals surface area (Å²) >= 11 is 5.47. The van der Waals surface area contributed by atoms with Gasteiger partial charge < -0.3 is 9.84 Å². The number of hydrogen-bond acceptors (Lipinski definition) is 4. The molecule has 5 nitrogen and oxygen atoms in total. The Labute approximate surface area is 115 Å². The first-order chi connectivity index (χ1) is 9.01. The molecule has 0 spiro atoms. The molecule has 6 heteroatoms. The lowest BCUT2D eigenvalue weighted by molar-refractivity contribution is 0.0514. The minimum absolute atomic E-state index is 0.121. The average Bonchev–Trinajstić information content (AvgIpc) is 2.38. The van der Waals surface area contributed by atoms with Crippen molar-refractivity contribution in [3.8, 4) is 0 Å². The van der Waals surface area contributed by atoms with E-state index in [9.17, 15) is 14.4 Å². The number of carboxylic acid groups (broad SMARTS) is 1. The van der Waals surface area contributed by atoms with Crippen molar-refractivity contribution in [3.63, 3.8) is 0 Å². The van der Waals surface area contributed by atoms with E-state index < -0.39 is 11.9 Å². The summed E-state index contributed by atoms with van der Waals surface area (Å²) in [6.07, 6.45) is 0.121. The fourth-order valence-corrected chi connectivity index (χ4v) is 1.68. The monoisotopic (exact) mass is 284 g/mol. The van der Waals surface area contributed by atoms with Gasteiger partial charge in [-0.05, 0) is 19.1 Å². The zero-order valence-corrected chi connectivity index (χ0v) is 11.1. The molecule has 0 amide bonds. The molecule has 0 aliphatic heterocycles. The van der Waals surface area contributed by atoms with Gasteiger partial charge in [0.1, 0.15) is 0 Å². The van der Waals surface area contributed by atoms with Crippen LogP contribution < -0.4 is 0 Å². The van der Waals surface area contributed by atoms with Gasteiger partial charge in [-0.3, -0.25) is 4.79 Å². The summed E-state index contributed by atoms with van der Waals surface area (Å²) in [6, 6.07) is 3.81. The van der Waals surface area contributed by atoms with E-state index in [4.69, 9.17) is 21.4 Å². The van der Waals surface area contributed by atoms with Crippen LogP contribution >= 0.6 is 11.6 Å². The van der Waals surface area contributed by atoms with Crippen LogP contribution in [0.25, 0.3) is 0 Å². The zero-order chi connectivity index (χ0) is 14.4. The van der Waals surface area contributed by atoms with E-state index in [1.165, 1.54) is 18.2 Å². The molecule has 1 rings (SSSR count). The van der Waals surface area contributed by atoms with Gasteiger partial charge in [-0.1, -0.05) is 6.07 Å². The molecule has 0 aliphatic rings. The first-order valence-corrected chi connectivity index (χ1v) is 6.18. The average molecular weight is 285 g/mol. The Morgan fingerprint density at radius 3 is 2.47 bits per heavy atom. The van der Waals surface area contributed by atoms with Crippen molar-refractivity contribution in [1.29, 1.82) is 0 Å². The second-order valence-corrected chi connectivity index (χ2v) is 4.03. The van der Waals surface area contributed by atoms with Crippen LogP contribution in [0.15, 0.2) is 18.2 Å². The van der Waals surface area contributed by atoms with Crippen molar-refractivity contribution < 1.29 is 24.2 Å². The normalized spacial score (nSPS) is 10.0. The predicted molar refractivity (Wildman–Crippen MR) is 69.0 cm³/mol. The van der Waals surface area contributed by atoms with Crippen molar-refractivity contribution in [2.24, 2.45) is 0 Å². The number of hydrogen-bond donors (Lipinski definition) is 1. The van der Waals surface area contributed by atoms with Gasteiger partial charge in [0.15, 0.2) is 5.78 Å². The molecule has 1 aromatic carbocycles. The van der Waals surface area contributed by atoms with Crippen molar-refractivity contribution in [2.75, 3.05) is 12.5 Å². The standard InChI is InChI=1S/C13H13ClO5/c1-2-19-13(18)10-7-8(11(15)5-6-14)3-4-9(10)12(16)17/h3-4,7H,2,5-6H2,1H3,(H,16,17). The minimum Gasteiger partial charge on any atom is -0.478 e. The number of carbonyl (C=O) groups excluding carboxylic acids is 2. The van der Waals surface area contributed by atoms with Gasteiger partial charge in [0.25, 0.3) is 0 Å². The molecule has 1 N–H and O–H groups in total. The fourth-order valence-electron chi connectivity index (χ4n) is 1.51. The number of aromatic carboxylic acids is 1. The number of carboxylic acids is 1. The van der Waals surface area contributed by atoms with Gasteiger partial charge in [-0.25, -0.2) is 9.59 Å². The Hall–Kier alpha value is -1.88. The van der Waals surface area contributed by atoms with Crippen LogP contribution in [0.2, 0.25) is 0 Å². The smallest absolute Gasteiger partial charge is 0.339 e. The molecule has 0 aliphatic carbocycles. The number of carbonyl (C=O) groups is 3. The van der Waals surface area contributed by atoms with Crippen molar-refractivity contribution in [1.82, 2.24) is 0 Å². The van der Waals surface area contributed by atoms with E-state index in [1.54, 1.807) is 6.92 Å². The third-order valence-corrected chi connectivity index (χ3v) is 2.58. The maximum absolute atomic E-state index is 11.7. The summed E-state index contributed by atoms with van der Waals surface area (Å²) in [5.74, 6) is -2.11. The van der Waals surface area contributed by atoms with Crippen molar-refractivity contribution >= 4 is 29.3 Å². The number of ether oxygens (including phenoxy) is 1. The van der Waals surface area contributed by atoms with Crippen LogP contribution in [0, 0.1) is 0 Å². The van der Waals surface area contributed by atoms with E-state index in [0.717, 1.165) is 0 Å². The topological polar surface area (TPSA) is 80.7 Å². The first-order valence-electron chi connectivity index (χ1n) is 5.64. The SMILES string of the molecule is CCOC(=O)c1cc(C(=O)CCCl)ccc1C(=O)O. The van der Waals surface area contributed by atoms with Crippen LogP contribution in [0.1, 0.15) is 44.4 Å². The first kappa shape index (κ1) is 15.2. The van der Waals surface area contributed by atoms with E-state index >= 15 is 0 Å². The number of benzene rings is 1.